The van der Waals surface area contributed by atoms with Crippen LogP contribution < -0.4 is 14.8 Å². The van der Waals surface area contributed by atoms with Crippen LogP contribution in [-0.2, 0) is 4.79 Å². The number of hydrogen-bond donors (Lipinski definition) is 1. The van der Waals surface area contributed by atoms with Gasteiger partial charge >= 0.3 is 0 Å². The predicted octanol–water partition coefficient (Wildman–Crippen LogP) is 2.79. The van der Waals surface area contributed by atoms with Crippen LogP contribution in [0.5, 0.6) is 11.5 Å². The van der Waals surface area contributed by atoms with Crippen LogP contribution in [0, 0.1) is 10.1 Å². The predicted molar refractivity (Wildman–Crippen MR) is 83.3 cm³/mol. The van der Waals surface area contributed by atoms with Gasteiger partial charge in [-0.2, -0.15) is 0 Å². The van der Waals surface area contributed by atoms with Crippen molar-refractivity contribution in [3.8, 4) is 11.5 Å². The van der Waals surface area contributed by atoms with Crippen molar-refractivity contribution in [2.45, 2.75) is 38.1 Å². The Balaban J connectivity index is 1.73. The molecule has 0 radical (unpaired) electrons. The maximum Gasteiger partial charge on any atom is 0.280 e. The molecule has 0 bridgehead atoms. The van der Waals surface area contributed by atoms with E-state index in [0.717, 1.165) is 25.7 Å². The Morgan fingerprint density at radius 1 is 1.22 bits per heavy atom. The number of hydrogen-bond acceptors (Lipinski definition) is 5. The zero-order chi connectivity index (χ0) is 16.2. The standard InChI is InChI=1S/C16H18N2O5/c19-16(17-12-4-2-1-3-5-12)7-6-11-8-14-15(23-10-22-14)9-13(11)18(20)21/h6-9,12H,1-5,10H2,(H,17,19)/b7-6+. The zero-order valence-corrected chi connectivity index (χ0v) is 12.6. The highest BCUT2D eigenvalue weighted by molar-refractivity contribution is 5.92. The molecule has 2 aliphatic rings. The lowest BCUT2D eigenvalue weighted by Gasteiger charge is -2.21. The molecule has 0 aromatic heterocycles. The molecule has 7 heteroatoms. The van der Waals surface area contributed by atoms with Gasteiger partial charge in [0.2, 0.25) is 12.7 Å². The summed E-state index contributed by atoms with van der Waals surface area (Å²) < 4.78 is 10.4. The Labute approximate surface area is 133 Å². The molecule has 0 unspecified atom stereocenters. The van der Waals surface area contributed by atoms with Gasteiger partial charge in [-0.15, -0.1) is 0 Å². The Kier molecular flexibility index (Phi) is 4.45. The average molecular weight is 318 g/mol. The van der Waals surface area contributed by atoms with Gasteiger partial charge < -0.3 is 14.8 Å². The first-order chi connectivity index (χ1) is 11.1. The van der Waals surface area contributed by atoms with Crippen LogP contribution in [0.4, 0.5) is 5.69 Å². The Bertz CT molecular complexity index is 650. The van der Waals surface area contributed by atoms with Gasteiger partial charge in [0, 0.05) is 12.1 Å². The molecule has 3 rings (SSSR count). The van der Waals surface area contributed by atoms with E-state index in [2.05, 4.69) is 5.32 Å². The summed E-state index contributed by atoms with van der Waals surface area (Å²) in [5.41, 5.74) is 0.203. The average Bonchev–Trinajstić information content (AvgIpc) is 3.00. The number of nitrogens with zero attached hydrogens (tertiary/aromatic N) is 1. The Hall–Kier alpha value is -2.57. The summed E-state index contributed by atoms with van der Waals surface area (Å²) in [5.74, 6) is 0.562. The largest absolute Gasteiger partial charge is 0.454 e. The normalized spacial score (nSPS) is 17.4. The molecule has 1 amide bonds. The highest BCUT2D eigenvalue weighted by Gasteiger charge is 2.22. The number of carbonyl (C=O) groups excluding carboxylic acids is 1. The molecule has 1 fully saturated rings. The number of nitro groups is 1. The summed E-state index contributed by atoms with van der Waals surface area (Å²) in [6.45, 7) is 0.0435. The van der Waals surface area contributed by atoms with Gasteiger partial charge in [0.05, 0.1) is 16.6 Å². The summed E-state index contributed by atoms with van der Waals surface area (Å²) in [6.07, 6.45) is 8.22. The van der Waals surface area contributed by atoms with E-state index in [1.165, 1.54) is 30.7 Å². The molecule has 1 saturated carbocycles. The van der Waals surface area contributed by atoms with Crippen LogP contribution in [0.3, 0.4) is 0 Å². The fourth-order valence-electron chi connectivity index (χ4n) is 2.90. The molecule has 1 aliphatic carbocycles. The lowest BCUT2D eigenvalue weighted by atomic mass is 9.95. The number of nitro benzene ring substituents is 1. The highest BCUT2D eigenvalue weighted by Crippen LogP contribution is 2.38. The monoisotopic (exact) mass is 318 g/mol. The number of ether oxygens (including phenoxy) is 2. The van der Waals surface area contributed by atoms with Crippen LogP contribution in [0.25, 0.3) is 6.08 Å². The number of benzene rings is 1. The van der Waals surface area contributed by atoms with Crippen molar-refractivity contribution in [3.63, 3.8) is 0 Å². The number of carbonyl (C=O) groups is 1. The number of rotatable bonds is 4. The first-order valence-electron chi connectivity index (χ1n) is 7.70. The van der Waals surface area contributed by atoms with Gasteiger partial charge in [0.25, 0.3) is 5.69 Å². The minimum absolute atomic E-state index is 0.0435. The molecule has 0 saturated heterocycles. The van der Waals surface area contributed by atoms with Crippen molar-refractivity contribution >= 4 is 17.7 Å². The van der Waals surface area contributed by atoms with Gasteiger partial charge in [-0.25, -0.2) is 0 Å². The van der Waals surface area contributed by atoms with E-state index >= 15 is 0 Å². The SMILES string of the molecule is O=C(/C=C/c1cc2c(cc1[N+](=O)[O-])OCO2)NC1CCCCC1. The lowest BCUT2D eigenvalue weighted by molar-refractivity contribution is -0.385. The van der Waals surface area contributed by atoms with E-state index in [0.29, 0.717) is 17.1 Å². The summed E-state index contributed by atoms with van der Waals surface area (Å²) >= 11 is 0. The summed E-state index contributed by atoms with van der Waals surface area (Å²) in [5, 5.41) is 14.1. The number of fused-ring (bicyclic) bond motifs is 1. The fourth-order valence-corrected chi connectivity index (χ4v) is 2.90. The van der Waals surface area contributed by atoms with Crippen molar-refractivity contribution in [3.05, 3.63) is 33.9 Å². The van der Waals surface area contributed by atoms with Crippen LogP contribution >= 0.6 is 0 Å². The van der Waals surface area contributed by atoms with Crippen LogP contribution in [0.1, 0.15) is 37.7 Å². The molecule has 0 atom stereocenters. The van der Waals surface area contributed by atoms with Gasteiger partial charge in [-0.3, -0.25) is 14.9 Å². The molecule has 1 aliphatic heterocycles. The third-order valence-corrected chi connectivity index (χ3v) is 4.08. The second-order valence-corrected chi connectivity index (χ2v) is 5.70. The maximum atomic E-state index is 12.0. The highest BCUT2D eigenvalue weighted by atomic mass is 16.7. The summed E-state index contributed by atoms with van der Waals surface area (Å²) in [4.78, 5) is 22.6. The van der Waals surface area contributed by atoms with Crippen molar-refractivity contribution in [2.24, 2.45) is 0 Å². The lowest BCUT2D eigenvalue weighted by Crippen LogP contribution is -2.34. The molecule has 7 nitrogen and oxygen atoms in total. The Morgan fingerprint density at radius 2 is 1.91 bits per heavy atom. The van der Waals surface area contributed by atoms with Crippen molar-refractivity contribution in [1.29, 1.82) is 0 Å². The molecule has 1 N–H and O–H groups in total. The van der Waals surface area contributed by atoms with Gasteiger partial charge in [0.1, 0.15) is 0 Å². The minimum Gasteiger partial charge on any atom is -0.454 e. The van der Waals surface area contributed by atoms with Crippen LogP contribution in [-0.4, -0.2) is 23.7 Å². The van der Waals surface area contributed by atoms with Gasteiger partial charge in [-0.05, 0) is 25.0 Å². The van der Waals surface area contributed by atoms with Gasteiger partial charge in [0.15, 0.2) is 11.5 Å². The molecule has 122 valence electrons. The fraction of sp³-hybridized carbons (Fsp3) is 0.438. The molecule has 1 heterocycles. The topological polar surface area (TPSA) is 90.7 Å². The molecule has 23 heavy (non-hydrogen) atoms. The van der Waals surface area contributed by atoms with E-state index in [4.69, 9.17) is 9.47 Å². The first-order valence-corrected chi connectivity index (χ1v) is 7.70. The van der Waals surface area contributed by atoms with E-state index in [9.17, 15) is 14.9 Å². The second kappa shape index (κ2) is 6.68. The van der Waals surface area contributed by atoms with E-state index in [-0.39, 0.29) is 24.4 Å². The van der Waals surface area contributed by atoms with E-state index < -0.39 is 4.92 Å². The quantitative estimate of drug-likeness (QED) is 0.523. The van der Waals surface area contributed by atoms with Crippen molar-refractivity contribution < 1.29 is 19.2 Å². The number of nitrogens with one attached hydrogen (secondary N) is 1. The maximum absolute atomic E-state index is 12.0. The first kappa shape index (κ1) is 15.3. The molecular weight excluding hydrogens is 300 g/mol. The Morgan fingerprint density at radius 3 is 2.61 bits per heavy atom. The van der Waals surface area contributed by atoms with Crippen molar-refractivity contribution in [2.75, 3.05) is 6.79 Å². The summed E-state index contributed by atoms with van der Waals surface area (Å²) in [7, 11) is 0. The van der Waals surface area contributed by atoms with Crippen molar-refractivity contribution in [1.82, 2.24) is 5.32 Å². The molecule has 1 aromatic rings. The second-order valence-electron chi connectivity index (χ2n) is 5.70. The smallest absolute Gasteiger partial charge is 0.280 e. The number of amides is 1. The van der Waals surface area contributed by atoms with Crippen LogP contribution in [0.15, 0.2) is 18.2 Å². The minimum atomic E-state index is -0.499. The molecule has 1 aromatic carbocycles. The molecular formula is C16H18N2O5. The van der Waals surface area contributed by atoms with E-state index in [1.54, 1.807) is 0 Å². The van der Waals surface area contributed by atoms with Gasteiger partial charge in [-0.1, -0.05) is 19.3 Å². The summed E-state index contributed by atoms with van der Waals surface area (Å²) in [6, 6.07) is 3.04. The third-order valence-electron chi connectivity index (χ3n) is 4.08. The van der Waals surface area contributed by atoms with E-state index in [1.807, 2.05) is 0 Å². The third kappa shape index (κ3) is 3.61. The van der Waals surface area contributed by atoms with Crippen LogP contribution in [0.2, 0.25) is 0 Å². The zero-order valence-electron chi connectivity index (χ0n) is 12.6. The molecule has 0 spiro atoms.